The number of ether oxygens (including phenoxy) is 1. The normalized spacial score (nSPS) is 11.5. The molecular formula is C16H14N4O4S. The first-order valence-electron chi connectivity index (χ1n) is 7.29. The first-order valence-corrected chi connectivity index (χ1v) is 8.11. The lowest BCUT2D eigenvalue weighted by atomic mass is 10.3. The SMILES string of the molecule is Cn1c(=NNC(=O)COc2ccccc2[N+](=O)[O-])sc2ccccc21. The number of hydrogen-bond donors (Lipinski definition) is 1. The molecular weight excluding hydrogens is 344 g/mol. The van der Waals surface area contributed by atoms with Crippen LogP contribution in [0.1, 0.15) is 0 Å². The van der Waals surface area contributed by atoms with Gasteiger partial charge in [-0.05, 0) is 18.2 Å². The van der Waals surface area contributed by atoms with Crippen LogP contribution in [-0.2, 0) is 11.8 Å². The minimum absolute atomic E-state index is 0.0371. The van der Waals surface area contributed by atoms with Gasteiger partial charge in [-0.15, -0.1) is 5.10 Å². The number of nitrogens with one attached hydrogen (secondary N) is 1. The molecule has 0 saturated heterocycles. The van der Waals surface area contributed by atoms with Gasteiger partial charge in [-0.1, -0.05) is 35.6 Å². The molecule has 0 bridgehead atoms. The molecule has 0 spiro atoms. The Morgan fingerprint density at radius 1 is 1.28 bits per heavy atom. The number of carbonyl (C=O) groups excluding carboxylic acids is 1. The molecule has 1 heterocycles. The van der Waals surface area contributed by atoms with Crippen molar-refractivity contribution < 1.29 is 14.5 Å². The largest absolute Gasteiger partial charge is 0.477 e. The highest BCUT2D eigenvalue weighted by Gasteiger charge is 2.14. The van der Waals surface area contributed by atoms with E-state index in [1.165, 1.54) is 29.5 Å². The minimum atomic E-state index is -0.561. The molecule has 0 saturated carbocycles. The lowest BCUT2D eigenvalue weighted by Gasteiger charge is -2.05. The molecule has 8 nitrogen and oxygen atoms in total. The van der Waals surface area contributed by atoms with Crippen molar-refractivity contribution in [3.63, 3.8) is 0 Å². The van der Waals surface area contributed by atoms with Gasteiger partial charge in [0.25, 0.3) is 5.91 Å². The highest BCUT2D eigenvalue weighted by atomic mass is 32.1. The number of carbonyl (C=O) groups is 1. The summed E-state index contributed by atoms with van der Waals surface area (Å²) in [6, 6.07) is 13.7. The maximum absolute atomic E-state index is 11.9. The molecule has 1 N–H and O–H groups in total. The van der Waals surface area contributed by atoms with Gasteiger partial charge in [0.2, 0.25) is 4.80 Å². The molecule has 1 amide bonds. The van der Waals surface area contributed by atoms with Crippen LogP contribution in [0.2, 0.25) is 0 Å². The lowest BCUT2D eigenvalue weighted by molar-refractivity contribution is -0.385. The maximum Gasteiger partial charge on any atom is 0.310 e. The molecule has 0 aliphatic heterocycles. The van der Waals surface area contributed by atoms with Crippen LogP contribution in [0.15, 0.2) is 53.6 Å². The fourth-order valence-corrected chi connectivity index (χ4v) is 3.18. The number of amides is 1. The monoisotopic (exact) mass is 358 g/mol. The minimum Gasteiger partial charge on any atom is -0.477 e. The number of fused-ring (bicyclic) bond motifs is 1. The van der Waals surface area contributed by atoms with Gasteiger partial charge in [-0.25, -0.2) is 5.43 Å². The first-order chi connectivity index (χ1) is 12.1. The molecule has 128 valence electrons. The summed E-state index contributed by atoms with van der Waals surface area (Å²) in [7, 11) is 1.85. The highest BCUT2D eigenvalue weighted by molar-refractivity contribution is 7.16. The van der Waals surface area contributed by atoms with E-state index >= 15 is 0 Å². The van der Waals surface area contributed by atoms with Crippen LogP contribution in [0.4, 0.5) is 5.69 Å². The van der Waals surface area contributed by atoms with Gasteiger partial charge >= 0.3 is 5.69 Å². The quantitative estimate of drug-likeness (QED) is 0.558. The third-order valence-corrected chi connectivity index (χ3v) is 4.52. The van der Waals surface area contributed by atoms with Gasteiger partial charge in [0.1, 0.15) is 0 Å². The van der Waals surface area contributed by atoms with Crippen LogP contribution in [0, 0.1) is 10.1 Å². The molecule has 0 fully saturated rings. The first kappa shape index (κ1) is 16.7. The van der Waals surface area contributed by atoms with Crippen molar-refractivity contribution in [2.45, 2.75) is 0 Å². The summed E-state index contributed by atoms with van der Waals surface area (Å²) in [5.41, 5.74) is 3.22. The van der Waals surface area contributed by atoms with Gasteiger partial charge in [0.05, 0.1) is 15.1 Å². The molecule has 25 heavy (non-hydrogen) atoms. The van der Waals surface area contributed by atoms with E-state index in [-0.39, 0.29) is 18.0 Å². The summed E-state index contributed by atoms with van der Waals surface area (Å²) in [6.07, 6.45) is 0. The third kappa shape index (κ3) is 3.66. The number of para-hydroxylation sites is 3. The van der Waals surface area contributed by atoms with E-state index in [9.17, 15) is 14.9 Å². The molecule has 9 heteroatoms. The van der Waals surface area contributed by atoms with E-state index in [0.717, 1.165) is 10.2 Å². The van der Waals surface area contributed by atoms with E-state index in [1.807, 2.05) is 35.9 Å². The fourth-order valence-electron chi connectivity index (χ4n) is 2.20. The Hall–Kier alpha value is -3.20. The van der Waals surface area contributed by atoms with Crippen LogP contribution < -0.4 is 15.0 Å². The maximum atomic E-state index is 11.9. The van der Waals surface area contributed by atoms with Gasteiger partial charge in [-0.3, -0.25) is 14.9 Å². The second kappa shape index (κ2) is 7.14. The predicted octanol–water partition coefficient (Wildman–Crippen LogP) is 2.16. The van der Waals surface area contributed by atoms with Crippen molar-refractivity contribution in [2.75, 3.05) is 6.61 Å². The van der Waals surface area contributed by atoms with Crippen LogP contribution >= 0.6 is 11.3 Å². The van der Waals surface area contributed by atoms with Crippen molar-refractivity contribution in [3.05, 3.63) is 63.4 Å². The fraction of sp³-hybridized carbons (Fsp3) is 0.125. The number of benzene rings is 2. The topological polar surface area (TPSA) is 98.8 Å². The number of nitrogens with zero attached hydrogens (tertiary/aromatic N) is 3. The van der Waals surface area contributed by atoms with E-state index in [1.54, 1.807) is 6.07 Å². The average Bonchev–Trinajstić information content (AvgIpc) is 2.94. The van der Waals surface area contributed by atoms with Crippen molar-refractivity contribution >= 4 is 33.1 Å². The Kier molecular flexibility index (Phi) is 4.75. The van der Waals surface area contributed by atoms with Crippen molar-refractivity contribution in [1.29, 1.82) is 0 Å². The number of nitro groups is 1. The molecule has 0 unspecified atom stereocenters. The van der Waals surface area contributed by atoms with Crippen molar-refractivity contribution in [3.8, 4) is 5.75 Å². The zero-order valence-electron chi connectivity index (χ0n) is 13.2. The Bertz CT molecular complexity index is 1010. The summed E-state index contributed by atoms with van der Waals surface area (Å²) in [5, 5.41) is 15.0. The Morgan fingerprint density at radius 2 is 2.00 bits per heavy atom. The number of nitro benzene ring substituents is 1. The second-order valence-electron chi connectivity index (χ2n) is 5.07. The molecule has 1 aromatic heterocycles. The molecule has 0 radical (unpaired) electrons. The zero-order chi connectivity index (χ0) is 17.8. The second-order valence-corrected chi connectivity index (χ2v) is 6.08. The van der Waals surface area contributed by atoms with Crippen LogP contribution in [0.25, 0.3) is 10.2 Å². The average molecular weight is 358 g/mol. The van der Waals surface area contributed by atoms with E-state index in [0.29, 0.717) is 4.80 Å². The predicted molar refractivity (Wildman–Crippen MR) is 93.1 cm³/mol. The lowest BCUT2D eigenvalue weighted by Crippen LogP contribution is -2.27. The van der Waals surface area contributed by atoms with Gasteiger partial charge in [-0.2, -0.15) is 0 Å². The van der Waals surface area contributed by atoms with Crippen LogP contribution in [0.3, 0.4) is 0 Å². The van der Waals surface area contributed by atoms with Gasteiger partial charge < -0.3 is 9.30 Å². The Labute approximate surface area is 146 Å². The summed E-state index contributed by atoms with van der Waals surface area (Å²) in [5.74, 6) is -0.467. The van der Waals surface area contributed by atoms with Crippen molar-refractivity contribution in [2.24, 2.45) is 12.1 Å². The van der Waals surface area contributed by atoms with Crippen LogP contribution in [-0.4, -0.2) is 22.0 Å². The number of rotatable bonds is 5. The molecule has 0 atom stereocenters. The Morgan fingerprint density at radius 3 is 2.76 bits per heavy atom. The van der Waals surface area contributed by atoms with Gasteiger partial charge in [0, 0.05) is 13.1 Å². The number of thiazole rings is 1. The molecule has 0 aliphatic carbocycles. The van der Waals surface area contributed by atoms with Crippen LogP contribution in [0.5, 0.6) is 5.75 Å². The Balaban J connectivity index is 1.69. The zero-order valence-corrected chi connectivity index (χ0v) is 14.0. The summed E-state index contributed by atoms with van der Waals surface area (Å²) in [4.78, 5) is 22.9. The summed E-state index contributed by atoms with van der Waals surface area (Å²) in [6.45, 7) is -0.372. The standard InChI is InChI=1S/C16H14N4O4S/c1-19-12-7-3-5-9-14(12)25-16(19)18-17-15(21)10-24-13-8-4-2-6-11(13)20(22)23/h2-9H,10H2,1H3,(H,17,21). The van der Waals surface area contributed by atoms with E-state index in [4.69, 9.17) is 4.74 Å². The molecule has 2 aromatic carbocycles. The molecule has 3 rings (SSSR count). The smallest absolute Gasteiger partial charge is 0.310 e. The number of hydrogen-bond acceptors (Lipinski definition) is 6. The molecule has 3 aromatic rings. The number of aryl methyl sites for hydroxylation is 1. The highest BCUT2D eigenvalue weighted by Crippen LogP contribution is 2.25. The summed E-state index contributed by atoms with van der Waals surface area (Å²) >= 11 is 1.44. The molecule has 0 aliphatic rings. The third-order valence-electron chi connectivity index (χ3n) is 3.41. The number of aromatic nitrogens is 1. The summed E-state index contributed by atoms with van der Waals surface area (Å²) < 4.78 is 8.14. The van der Waals surface area contributed by atoms with E-state index in [2.05, 4.69) is 10.5 Å². The van der Waals surface area contributed by atoms with Crippen molar-refractivity contribution in [1.82, 2.24) is 9.99 Å². The van der Waals surface area contributed by atoms with Gasteiger partial charge in [0.15, 0.2) is 12.4 Å². The van der Waals surface area contributed by atoms with E-state index < -0.39 is 10.8 Å².